The van der Waals surface area contributed by atoms with E-state index in [2.05, 4.69) is 15.5 Å². The summed E-state index contributed by atoms with van der Waals surface area (Å²) in [5.74, 6) is -0.925. The van der Waals surface area contributed by atoms with Gasteiger partial charge in [-0.1, -0.05) is 38.5 Å². The standard InChI is InChI=1S/C27H36N4O4/c1-4-20(3)25(29-26(33)21-9-7-6-8-10-21)27(34)30(5-2)19-24(32)28-22-11-13-23(14-12-22)31-15-17-35-18-16-31/h6-14,20,25H,4-5,15-19H2,1-3H3,(H,28,32)(H,29,33)/t20-,25-/m0/s1. The molecule has 1 heterocycles. The lowest BCUT2D eigenvalue weighted by molar-refractivity contribution is -0.137. The predicted molar refractivity (Wildman–Crippen MR) is 138 cm³/mol. The van der Waals surface area contributed by atoms with Crippen LogP contribution < -0.4 is 15.5 Å². The highest BCUT2D eigenvalue weighted by molar-refractivity contribution is 5.99. The van der Waals surface area contributed by atoms with Gasteiger partial charge in [0.2, 0.25) is 11.8 Å². The summed E-state index contributed by atoms with van der Waals surface area (Å²) in [6.45, 7) is 9.11. The van der Waals surface area contributed by atoms with Gasteiger partial charge in [0.25, 0.3) is 5.91 Å². The van der Waals surface area contributed by atoms with Crippen molar-refractivity contribution in [3.8, 4) is 0 Å². The average Bonchev–Trinajstić information content (AvgIpc) is 2.90. The summed E-state index contributed by atoms with van der Waals surface area (Å²) in [4.78, 5) is 42.6. The van der Waals surface area contributed by atoms with Gasteiger partial charge in [-0.2, -0.15) is 0 Å². The van der Waals surface area contributed by atoms with Crippen LogP contribution in [0.1, 0.15) is 37.6 Å². The molecule has 8 heteroatoms. The summed E-state index contributed by atoms with van der Waals surface area (Å²) < 4.78 is 5.39. The zero-order valence-corrected chi connectivity index (χ0v) is 20.8. The van der Waals surface area contributed by atoms with E-state index in [1.807, 2.05) is 51.1 Å². The van der Waals surface area contributed by atoms with Crippen molar-refractivity contribution in [2.75, 3.05) is 49.6 Å². The average molecular weight is 481 g/mol. The zero-order chi connectivity index (χ0) is 25.2. The van der Waals surface area contributed by atoms with Crippen molar-refractivity contribution in [3.05, 3.63) is 60.2 Å². The van der Waals surface area contributed by atoms with E-state index < -0.39 is 6.04 Å². The summed E-state index contributed by atoms with van der Waals surface area (Å²) in [7, 11) is 0. The number of benzene rings is 2. The Bertz CT molecular complexity index is 974. The van der Waals surface area contributed by atoms with Crippen molar-refractivity contribution in [3.63, 3.8) is 0 Å². The predicted octanol–water partition coefficient (Wildman–Crippen LogP) is 3.15. The Morgan fingerprint density at radius 1 is 1.00 bits per heavy atom. The molecule has 2 aromatic rings. The lowest BCUT2D eigenvalue weighted by Crippen LogP contribution is -2.53. The van der Waals surface area contributed by atoms with Gasteiger partial charge < -0.3 is 25.2 Å². The number of carbonyl (C=O) groups excluding carboxylic acids is 3. The van der Waals surface area contributed by atoms with Gasteiger partial charge in [-0.05, 0) is 49.2 Å². The lowest BCUT2D eigenvalue weighted by Gasteiger charge is -2.30. The highest BCUT2D eigenvalue weighted by atomic mass is 16.5. The molecule has 1 aliphatic rings. The molecule has 0 saturated carbocycles. The molecule has 3 amide bonds. The summed E-state index contributed by atoms with van der Waals surface area (Å²) >= 11 is 0. The van der Waals surface area contributed by atoms with Gasteiger partial charge in [0.15, 0.2) is 0 Å². The number of hydrogen-bond acceptors (Lipinski definition) is 5. The van der Waals surface area contributed by atoms with Crippen molar-refractivity contribution in [2.45, 2.75) is 33.2 Å². The van der Waals surface area contributed by atoms with E-state index in [0.29, 0.717) is 37.4 Å². The molecule has 0 spiro atoms. The Kier molecular flexibility index (Phi) is 9.66. The van der Waals surface area contributed by atoms with Crippen LogP contribution in [0.15, 0.2) is 54.6 Å². The van der Waals surface area contributed by atoms with Crippen LogP contribution in [0.4, 0.5) is 11.4 Å². The summed E-state index contributed by atoms with van der Waals surface area (Å²) in [5.41, 5.74) is 2.25. The normalized spacial score (nSPS) is 15.1. The highest BCUT2D eigenvalue weighted by Crippen LogP contribution is 2.19. The number of ether oxygens (including phenoxy) is 1. The molecular weight excluding hydrogens is 444 g/mol. The van der Waals surface area contributed by atoms with Crippen LogP contribution in [0.2, 0.25) is 0 Å². The molecule has 35 heavy (non-hydrogen) atoms. The molecular formula is C27H36N4O4. The molecule has 1 aliphatic heterocycles. The molecule has 3 rings (SSSR count). The molecule has 0 aliphatic carbocycles. The first kappa shape index (κ1) is 26.2. The van der Waals surface area contributed by atoms with E-state index in [4.69, 9.17) is 4.74 Å². The fourth-order valence-corrected chi connectivity index (χ4v) is 3.99. The van der Waals surface area contributed by atoms with E-state index >= 15 is 0 Å². The van der Waals surface area contributed by atoms with Gasteiger partial charge in [-0.25, -0.2) is 0 Å². The van der Waals surface area contributed by atoms with Crippen LogP contribution in [0.3, 0.4) is 0 Å². The van der Waals surface area contributed by atoms with E-state index in [1.54, 1.807) is 24.3 Å². The van der Waals surface area contributed by atoms with Crippen LogP contribution in [0.25, 0.3) is 0 Å². The SMILES string of the molecule is CC[C@H](C)[C@H](NC(=O)c1ccccc1)C(=O)N(CC)CC(=O)Nc1ccc(N2CCOCC2)cc1. The van der Waals surface area contributed by atoms with E-state index in [9.17, 15) is 14.4 Å². The first-order valence-corrected chi connectivity index (χ1v) is 12.3. The number of carbonyl (C=O) groups is 3. The molecule has 0 aromatic heterocycles. The third kappa shape index (κ3) is 7.29. The van der Waals surface area contributed by atoms with E-state index in [0.717, 1.165) is 18.8 Å². The van der Waals surface area contributed by atoms with Crippen molar-refractivity contribution < 1.29 is 19.1 Å². The quantitative estimate of drug-likeness (QED) is 0.545. The minimum Gasteiger partial charge on any atom is -0.378 e. The molecule has 1 fully saturated rings. The van der Waals surface area contributed by atoms with Gasteiger partial charge in [0.1, 0.15) is 6.04 Å². The first-order chi connectivity index (χ1) is 16.9. The van der Waals surface area contributed by atoms with Crippen molar-refractivity contribution in [1.82, 2.24) is 10.2 Å². The molecule has 2 aromatic carbocycles. The Hall–Kier alpha value is -3.39. The summed E-state index contributed by atoms with van der Waals surface area (Å²) in [6, 6.07) is 15.8. The van der Waals surface area contributed by atoms with E-state index in [-0.39, 0.29) is 30.2 Å². The number of anilines is 2. The largest absolute Gasteiger partial charge is 0.378 e. The third-order valence-electron chi connectivity index (χ3n) is 6.36. The lowest BCUT2D eigenvalue weighted by atomic mass is 9.97. The molecule has 188 valence electrons. The monoisotopic (exact) mass is 480 g/mol. The Balaban J connectivity index is 1.61. The zero-order valence-electron chi connectivity index (χ0n) is 20.8. The highest BCUT2D eigenvalue weighted by Gasteiger charge is 2.30. The van der Waals surface area contributed by atoms with Gasteiger partial charge in [0.05, 0.1) is 19.8 Å². The molecule has 0 radical (unpaired) electrons. The second-order valence-corrected chi connectivity index (χ2v) is 8.75. The molecule has 0 unspecified atom stereocenters. The van der Waals surface area contributed by atoms with Crippen molar-refractivity contribution in [1.29, 1.82) is 0 Å². The first-order valence-electron chi connectivity index (χ1n) is 12.3. The summed E-state index contributed by atoms with van der Waals surface area (Å²) in [6.07, 6.45) is 0.713. The van der Waals surface area contributed by atoms with Crippen LogP contribution in [-0.2, 0) is 14.3 Å². The van der Waals surface area contributed by atoms with Crippen LogP contribution in [0, 0.1) is 5.92 Å². The number of rotatable bonds is 10. The van der Waals surface area contributed by atoms with Crippen LogP contribution in [-0.4, -0.2) is 68.1 Å². The number of nitrogens with zero attached hydrogens (tertiary/aromatic N) is 2. The minimum atomic E-state index is -0.715. The van der Waals surface area contributed by atoms with Crippen molar-refractivity contribution >= 4 is 29.1 Å². The smallest absolute Gasteiger partial charge is 0.251 e. The number of hydrogen-bond donors (Lipinski definition) is 2. The molecule has 2 atom stereocenters. The van der Waals surface area contributed by atoms with Gasteiger partial charge in [-0.3, -0.25) is 14.4 Å². The topological polar surface area (TPSA) is 91.0 Å². The maximum Gasteiger partial charge on any atom is 0.251 e. The van der Waals surface area contributed by atoms with Gasteiger partial charge in [-0.15, -0.1) is 0 Å². The second kappa shape index (κ2) is 12.9. The fourth-order valence-electron chi connectivity index (χ4n) is 3.99. The number of amides is 3. The molecule has 1 saturated heterocycles. The maximum absolute atomic E-state index is 13.4. The molecule has 8 nitrogen and oxygen atoms in total. The Morgan fingerprint density at radius 3 is 2.26 bits per heavy atom. The number of likely N-dealkylation sites (N-methyl/N-ethyl adjacent to an activating group) is 1. The fraction of sp³-hybridized carbons (Fsp3) is 0.444. The molecule has 2 N–H and O–H groups in total. The summed E-state index contributed by atoms with van der Waals surface area (Å²) in [5, 5.41) is 5.76. The Labute approximate surface area is 207 Å². The third-order valence-corrected chi connectivity index (χ3v) is 6.36. The van der Waals surface area contributed by atoms with Crippen molar-refractivity contribution in [2.24, 2.45) is 5.92 Å². The number of morpholine rings is 1. The maximum atomic E-state index is 13.4. The van der Waals surface area contributed by atoms with Crippen LogP contribution in [0.5, 0.6) is 0 Å². The minimum absolute atomic E-state index is 0.0833. The molecule has 0 bridgehead atoms. The van der Waals surface area contributed by atoms with Gasteiger partial charge >= 0.3 is 0 Å². The van der Waals surface area contributed by atoms with Crippen LogP contribution >= 0.6 is 0 Å². The Morgan fingerprint density at radius 2 is 1.66 bits per heavy atom. The van der Waals surface area contributed by atoms with E-state index in [1.165, 1.54) is 4.90 Å². The van der Waals surface area contributed by atoms with Gasteiger partial charge in [0, 0.05) is 36.6 Å². The number of nitrogens with one attached hydrogen (secondary N) is 2. The second-order valence-electron chi connectivity index (χ2n) is 8.75.